The van der Waals surface area contributed by atoms with E-state index in [-0.39, 0.29) is 12.0 Å². The number of carbonyl (C=O) groups is 1. The predicted molar refractivity (Wildman–Crippen MR) is 62.7 cm³/mol. The molecule has 0 saturated heterocycles. The number of thiazole rings is 1. The zero-order valence-corrected chi connectivity index (χ0v) is 10.8. The lowest BCUT2D eigenvalue weighted by molar-refractivity contribution is -0.149. The number of aliphatic carboxylic acids is 1. The number of hydrogen-bond donors (Lipinski definition) is 1. The molecule has 0 aromatic carbocycles. The molecule has 1 N–H and O–H groups in total. The minimum absolute atomic E-state index is 0.0291. The van der Waals surface area contributed by atoms with E-state index in [0.29, 0.717) is 0 Å². The predicted octanol–water partition coefficient (Wildman–Crippen LogP) is 2.43. The van der Waals surface area contributed by atoms with Gasteiger partial charge in [0.25, 0.3) is 0 Å². The van der Waals surface area contributed by atoms with E-state index in [1.54, 1.807) is 11.3 Å². The summed E-state index contributed by atoms with van der Waals surface area (Å²) in [7, 11) is 0. The topological polar surface area (TPSA) is 59.4 Å². The van der Waals surface area contributed by atoms with Crippen LogP contribution in [-0.2, 0) is 21.6 Å². The number of rotatable bonds is 4. The van der Waals surface area contributed by atoms with Crippen LogP contribution in [0, 0.1) is 0 Å². The molecule has 0 saturated carbocycles. The zero-order chi connectivity index (χ0) is 12.3. The van der Waals surface area contributed by atoms with Crippen molar-refractivity contribution >= 4 is 17.3 Å². The van der Waals surface area contributed by atoms with E-state index >= 15 is 0 Å². The SMILES string of the molecule is CC(OCc1csc(C(C)(C)C)n1)C(=O)O. The summed E-state index contributed by atoms with van der Waals surface area (Å²) < 4.78 is 5.16. The Morgan fingerprint density at radius 3 is 2.69 bits per heavy atom. The van der Waals surface area contributed by atoms with Crippen LogP contribution in [0.15, 0.2) is 5.38 Å². The summed E-state index contributed by atoms with van der Waals surface area (Å²) in [6, 6.07) is 0. The van der Waals surface area contributed by atoms with Gasteiger partial charge in [-0.05, 0) is 6.92 Å². The summed E-state index contributed by atoms with van der Waals surface area (Å²) in [5.41, 5.74) is 0.824. The van der Waals surface area contributed by atoms with Gasteiger partial charge < -0.3 is 9.84 Å². The van der Waals surface area contributed by atoms with Crippen molar-refractivity contribution in [1.29, 1.82) is 0 Å². The lowest BCUT2D eigenvalue weighted by atomic mass is 9.98. The fourth-order valence-electron chi connectivity index (χ4n) is 0.999. The lowest BCUT2D eigenvalue weighted by Crippen LogP contribution is -2.19. The van der Waals surface area contributed by atoms with Crippen molar-refractivity contribution in [3.63, 3.8) is 0 Å². The second-order valence-electron chi connectivity index (χ2n) is 4.69. The fourth-order valence-corrected chi connectivity index (χ4v) is 1.89. The van der Waals surface area contributed by atoms with Gasteiger partial charge in [0.2, 0.25) is 0 Å². The zero-order valence-electron chi connectivity index (χ0n) is 9.98. The summed E-state index contributed by atoms with van der Waals surface area (Å²) in [4.78, 5) is 15.0. The molecule has 0 fully saturated rings. The molecular formula is C11H17NO3S. The van der Waals surface area contributed by atoms with Crippen LogP contribution < -0.4 is 0 Å². The first-order chi connectivity index (χ1) is 7.30. The number of hydrogen-bond acceptors (Lipinski definition) is 4. The van der Waals surface area contributed by atoms with Crippen molar-refractivity contribution in [2.24, 2.45) is 0 Å². The molecule has 0 amide bonds. The largest absolute Gasteiger partial charge is 0.479 e. The highest BCUT2D eigenvalue weighted by Crippen LogP contribution is 2.25. The molecule has 0 aliphatic rings. The molecule has 0 spiro atoms. The van der Waals surface area contributed by atoms with Gasteiger partial charge in [-0.25, -0.2) is 9.78 Å². The summed E-state index contributed by atoms with van der Waals surface area (Å²) in [5, 5.41) is 11.6. The van der Waals surface area contributed by atoms with Crippen molar-refractivity contribution < 1.29 is 14.6 Å². The molecule has 0 aliphatic carbocycles. The van der Waals surface area contributed by atoms with Crippen molar-refractivity contribution in [2.75, 3.05) is 0 Å². The van der Waals surface area contributed by atoms with E-state index in [9.17, 15) is 4.79 Å². The highest BCUT2D eigenvalue weighted by atomic mass is 32.1. The summed E-state index contributed by atoms with van der Waals surface area (Å²) in [6.45, 7) is 8.04. The average Bonchev–Trinajstić information content (AvgIpc) is 2.61. The van der Waals surface area contributed by atoms with Gasteiger partial charge in [-0.15, -0.1) is 11.3 Å². The smallest absolute Gasteiger partial charge is 0.332 e. The van der Waals surface area contributed by atoms with Gasteiger partial charge in [-0.2, -0.15) is 0 Å². The number of carboxylic acids is 1. The molecule has 90 valence electrons. The van der Waals surface area contributed by atoms with Crippen LogP contribution in [0.3, 0.4) is 0 Å². The molecule has 1 rings (SSSR count). The Balaban J connectivity index is 2.57. The van der Waals surface area contributed by atoms with Gasteiger partial charge in [0.05, 0.1) is 17.3 Å². The maximum Gasteiger partial charge on any atom is 0.332 e. The number of aromatic nitrogens is 1. The van der Waals surface area contributed by atoms with E-state index in [4.69, 9.17) is 9.84 Å². The maximum absolute atomic E-state index is 10.5. The lowest BCUT2D eigenvalue weighted by Gasteiger charge is -2.13. The van der Waals surface area contributed by atoms with Crippen LogP contribution in [0.4, 0.5) is 0 Å². The molecule has 1 heterocycles. The summed E-state index contributed by atoms with van der Waals surface area (Å²) >= 11 is 1.58. The first kappa shape index (κ1) is 13.1. The third-order valence-corrected chi connectivity index (χ3v) is 3.34. The minimum atomic E-state index is -0.953. The molecule has 1 aromatic heterocycles. The molecule has 1 atom stereocenters. The Bertz CT molecular complexity index is 368. The van der Waals surface area contributed by atoms with Crippen molar-refractivity contribution in [2.45, 2.75) is 45.8 Å². The Morgan fingerprint density at radius 2 is 2.25 bits per heavy atom. The van der Waals surface area contributed by atoms with E-state index in [2.05, 4.69) is 25.8 Å². The number of ether oxygens (including phenoxy) is 1. The molecular weight excluding hydrogens is 226 g/mol. The van der Waals surface area contributed by atoms with Gasteiger partial charge in [0.1, 0.15) is 0 Å². The van der Waals surface area contributed by atoms with Crippen LogP contribution >= 0.6 is 11.3 Å². The van der Waals surface area contributed by atoms with Gasteiger partial charge in [-0.3, -0.25) is 0 Å². The van der Waals surface area contributed by atoms with Crippen molar-refractivity contribution in [1.82, 2.24) is 4.98 Å². The van der Waals surface area contributed by atoms with Crippen molar-refractivity contribution in [3.05, 3.63) is 16.1 Å². The monoisotopic (exact) mass is 243 g/mol. The normalized spacial score (nSPS) is 13.8. The Hall–Kier alpha value is -0.940. The number of nitrogens with zero attached hydrogens (tertiary/aromatic N) is 1. The highest BCUT2D eigenvalue weighted by Gasteiger charge is 2.18. The molecule has 1 aromatic rings. The van der Waals surface area contributed by atoms with Gasteiger partial charge in [0, 0.05) is 10.8 Å². The Morgan fingerprint density at radius 1 is 1.62 bits per heavy atom. The molecule has 5 heteroatoms. The average molecular weight is 243 g/mol. The molecule has 0 aliphatic heterocycles. The fraction of sp³-hybridized carbons (Fsp3) is 0.636. The third kappa shape index (κ3) is 3.57. The van der Waals surface area contributed by atoms with E-state index in [0.717, 1.165) is 10.7 Å². The van der Waals surface area contributed by atoms with Gasteiger partial charge in [0.15, 0.2) is 6.10 Å². The van der Waals surface area contributed by atoms with Crippen LogP contribution in [0.25, 0.3) is 0 Å². The highest BCUT2D eigenvalue weighted by molar-refractivity contribution is 7.09. The van der Waals surface area contributed by atoms with E-state index in [1.807, 2.05) is 5.38 Å². The molecule has 4 nitrogen and oxygen atoms in total. The van der Waals surface area contributed by atoms with Crippen LogP contribution in [0.5, 0.6) is 0 Å². The Labute approximate surface area is 99.3 Å². The van der Waals surface area contributed by atoms with Gasteiger partial charge >= 0.3 is 5.97 Å². The van der Waals surface area contributed by atoms with Crippen molar-refractivity contribution in [3.8, 4) is 0 Å². The minimum Gasteiger partial charge on any atom is -0.479 e. The Kier molecular flexibility index (Phi) is 4.04. The standard InChI is InChI=1S/C11H17NO3S/c1-7(9(13)14)15-5-8-6-16-10(12-8)11(2,3)4/h6-7H,5H2,1-4H3,(H,13,14). The second kappa shape index (κ2) is 4.93. The summed E-state index contributed by atoms with van der Waals surface area (Å²) in [5.74, 6) is -0.953. The third-order valence-electron chi connectivity index (χ3n) is 2.02. The molecule has 16 heavy (non-hydrogen) atoms. The van der Waals surface area contributed by atoms with Crippen LogP contribution in [0.2, 0.25) is 0 Å². The second-order valence-corrected chi connectivity index (χ2v) is 5.54. The first-order valence-corrected chi connectivity index (χ1v) is 5.98. The van der Waals surface area contributed by atoms with Gasteiger partial charge in [-0.1, -0.05) is 20.8 Å². The number of carboxylic acid groups (broad SMARTS) is 1. The van der Waals surface area contributed by atoms with E-state index < -0.39 is 12.1 Å². The molecule has 0 bridgehead atoms. The van der Waals surface area contributed by atoms with Crippen LogP contribution in [0.1, 0.15) is 38.4 Å². The summed E-state index contributed by atoms with van der Waals surface area (Å²) in [6.07, 6.45) is -0.792. The van der Waals surface area contributed by atoms with E-state index in [1.165, 1.54) is 6.92 Å². The first-order valence-electron chi connectivity index (χ1n) is 5.10. The van der Waals surface area contributed by atoms with Crippen LogP contribution in [-0.4, -0.2) is 22.2 Å². The molecule has 0 radical (unpaired) electrons. The molecule has 1 unspecified atom stereocenters. The maximum atomic E-state index is 10.5. The quantitative estimate of drug-likeness (QED) is 0.882.